The van der Waals surface area contributed by atoms with E-state index < -0.39 is 23.0 Å². The predicted octanol–water partition coefficient (Wildman–Crippen LogP) is 5.15. The Bertz CT molecular complexity index is 1460. The smallest absolute Gasteiger partial charge is 0.413 e. The number of anilines is 2. The zero-order valence-corrected chi connectivity index (χ0v) is 20.7. The van der Waals surface area contributed by atoms with Crippen LogP contribution in [0.15, 0.2) is 84.0 Å². The number of carbonyl (C=O) groups excluding carboxylic acids is 2. The van der Waals surface area contributed by atoms with Crippen molar-refractivity contribution >= 4 is 45.2 Å². The van der Waals surface area contributed by atoms with Crippen molar-refractivity contribution < 1.29 is 23.4 Å². The average Bonchev–Trinajstić information content (AvgIpc) is 2.87. The number of benzene rings is 2. The van der Waals surface area contributed by atoms with Gasteiger partial charge < -0.3 is 9.64 Å². The van der Waals surface area contributed by atoms with Gasteiger partial charge in [-0.05, 0) is 55.0 Å². The molecule has 0 bridgehead atoms. The normalized spacial score (nSPS) is 14.1. The molecule has 1 saturated heterocycles. The van der Waals surface area contributed by atoms with E-state index in [1.807, 2.05) is 12.1 Å². The van der Waals surface area contributed by atoms with Crippen LogP contribution in [-0.4, -0.2) is 55.2 Å². The van der Waals surface area contributed by atoms with Crippen LogP contribution in [0.1, 0.15) is 15.9 Å². The molecule has 4 aromatic rings. The number of pyridine rings is 2. The number of carbonyl (C=O) groups is 2. The van der Waals surface area contributed by atoms with E-state index in [-0.39, 0.29) is 19.0 Å². The first-order valence-corrected chi connectivity index (χ1v) is 13.0. The highest BCUT2D eigenvalue weighted by molar-refractivity contribution is 8.25. The van der Waals surface area contributed by atoms with Crippen molar-refractivity contribution in [1.29, 1.82) is 0 Å². The van der Waals surface area contributed by atoms with Crippen LogP contribution in [0.2, 0.25) is 0 Å². The molecule has 11 heteroatoms. The molecule has 2 aromatic heterocycles. The van der Waals surface area contributed by atoms with Crippen LogP contribution in [-0.2, 0) is 4.74 Å². The Kier molecular flexibility index (Phi) is 6.66. The van der Waals surface area contributed by atoms with E-state index in [4.69, 9.17) is 4.74 Å². The van der Waals surface area contributed by atoms with Gasteiger partial charge in [0.2, 0.25) is 0 Å². The summed E-state index contributed by atoms with van der Waals surface area (Å²) in [6.45, 7) is 2.34. The van der Waals surface area contributed by atoms with Crippen molar-refractivity contribution in [3.05, 3.63) is 90.3 Å². The fourth-order valence-corrected chi connectivity index (χ4v) is 5.36. The topological polar surface area (TPSA) is 137 Å². The quantitative estimate of drug-likeness (QED) is 0.275. The first kappa shape index (κ1) is 24.5. The second kappa shape index (κ2) is 10.1. The number of rotatable bonds is 6. The third-order valence-electron chi connectivity index (χ3n) is 5.93. The molecule has 0 spiro atoms. The van der Waals surface area contributed by atoms with Crippen LogP contribution in [0, 0.1) is 6.92 Å². The number of hydrogen-bond acceptors (Lipinski definition) is 8. The number of para-hydroxylation sites is 1. The summed E-state index contributed by atoms with van der Waals surface area (Å²) in [6, 6.07) is 19.0. The molecule has 3 heterocycles. The molecule has 190 valence electrons. The Morgan fingerprint density at radius 2 is 1.78 bits per heavy atom. The number of aryl methyl sites for hydroxylation is 1. The van der Waals surface area contributed by atoms with Crippen molar-refractivity contribution in [2.24, 2.45) is 0 Å². The van der Waals surface area contributed by atoms with Crippen LogP contribution in [0.25, 0.3) is 10.9 Å². The molecule has 0 atom stereocenters. The minimum absolute atomic E-state index is 0.204. The van der Waals surface area contributed by atoms with Crippen LogP contribution in [0.5, 0.6) is 0 Å². The molecule has 0 aliphatic carbocycles. The maximum absolute atomic E-state index is 12.9. The van der Waals surface area contributed by atoms with Gasteiger partial charge in [-0.1, -0.05) is 35.0 Å². The summed E-state index contributed by atoms with van der Waals surface area (Å²) < 4.78 is 30.0. The Labute approximate surface area is 214 Å². The highest BCUT2D eigenvalue weighted by Gasteiger charge is 2.34. The number of ether oxygens (including phenoxy) is 1. The molecular weight excluding hydrogens is 494 g/mol. The summed E-state index contributed by atoms with van der Waals surface area (Å²) in [5.74, 6) is 0.182. The van der Waals surface area contributed by atoms with Crippen molar-refractivity contribution in [2.75, 3.05) is 23.1 Å². The lowest BCUT2D eigenvalue weighted by Gasteiger charge is -2.38. The molecule has 2 amide bonds. The van der Waals surface area contributed by atoms with Gasteiger partial charge in [0.25, 0.3) is 5.91 Å². The van der Waals surface area contributed by atoms with Crippen LogP contribution in [0.4, 0.5) is 16.3 Å². The van der Waals surface area contributed by atoms with Crippen molar-refractivity contribution in [1.82, 2.24) is 14.9 Å². The third-order valence-corrected chi connectivity index (χ3v) is 7.38. The standard InChI is InChI=1S/C26H25N5O5S/c1-17-14-19(25(32)31-15-20(16-31)36-26(33)29-23-9-2-3-12-27-23)10-11-21(17)30-37(34,35)22-8-4-6-18-7-5-13-28-24(18)22/h2-14,20,30,34-35H,15-16H2,1H3,(H,27,29,33). The third kappa shape index (κ3) is 5.33. The SMILES string of the molecule is Cc1cc(C(=O)N2CC(OC(=O)Nc3ccccn3)C2)ccc1NS(O)(O)c1cccc2cccnc12. The van der Waals surface area contributed by atoms with Gasteiger partial charge in [0.1, 0.15) is 16.8 Å². The number of likely N-dealkylation sites (tertiary alicyclic amines) is 1. The zero-order chi connectivity index (χ0) is 26.0. The fraction of sp³-hybridized carbons (Fsp3) is 0.154. The van der Waals surface area contributed by atoms with E-state index in [1.165, 1.54) is 0 Å². The van der Waals surface area contributed by atoms with Crippen molar-refractivity contribution in [2.45, 2.75) is 17.9 Å². The van der Waals surface area contributed by atoms with E-state index >= 15 is 0 Å². The maximum Gasteiger partial charge on any atom is 0.413 e. The molecule has 4 N–H and O–H groups in total. The van der Waals surface area contributed by atoms with E-state index in [1.54, 1.807) is 78.8 Å². The van der Waals surface area contributed by atoms with Gasteiger partial charge in [-0.25, -0.2) is 9.78 Å². The highest BCUT2D eigenvalue weighted by atomic mass is 32.3. The van der Waals surface area contributed by atoms with Crippen LogP contribution < -0.4 is 10.0 Å². The lowest BCUT2D eigenvalue weighted by atomic mass is 10.1. The van der Waals surface area contributed by atoms with Crippen LogP contribution in [0.3, 0.4) is 0 Å². The second-order valence-corrected chi connectivity index (χ2v) is 10.3. The van der Waals surface area contributed by atoms with Gasteiger partial charge in [-0.3, -0.25) is 28.9 Å². The van der Waals surface area contributed by atoms with Gasteiger partial charge in [-0.2, -0.15) is 0 Å². The van der Waals surface area contributed by atoms with Gasteiger partial charge in [-0.15, -0.1) is 0 Å². The number of hydrogen-bond donors (Lipinski definition) is 4. The number of amides is 2. The monoisotopic (exact) mass is 519 g/mol. The highest BCUT2D eigenvalue weighted by Crippen LogP contribution is 2.50. The lowest BCUT2D eigenvalue weighted by molar-refractivity contribution is -0.00207. The first-order chi connectivity index (χ1) is 17.8. The molecule has 2 aromatic carbocycles. The number of fused-ring (bicyclic) bond motifs is 1. The Morgan fingerprint density at radius 1 is 1.00 bits per heavy atom. The summed E-state index contributed by atoms with van der Waals surface area (Å²) in [7, 11) is -3.41. The predicted molar refractivity (Wildman–Crippen MR) is 142 cm³/mol. The molecular formula is C26H25N5O5S. The molecule has 0 radical (unpaired) electrons. The molecule has 1 fully saturated rings. The van der Waals surface area contributed by atoms with Crippen molar-refractivity contribution in [3.63, 3.8) is 0 Å². The molecule has 0 saturated carbocycles. The molecule has 10 nitrogen and oxygen atoms in total. The molecule has 1 aliphatic rings. The van der Waals surface area contributed by atoms with E-state index in [2.05, 4.69) is 20.0 Å². The Morgan fingerprint density at radius 3 is 2.54 bits per heavy atom. The second-order valence-electron chi connectivity index (χ2n) is 8.59. The van der Waals surface area contributed by atoms with Gasteiger partial charge >= 0.3 is 6.09 Å². The lowest BCUT2D eigenvalue weighted by Crippen LogP contribution is -2.55. The maximum atomic E-state index is 12.9. The first-order valence-electron chi connectivity index (χ1n) is 11.5. The Hall–Kier alpha value is -4.19. The van der Waals surface area contributed by atoms with E-state index in [9.17, 15) is 18.7 Å². The average molecular weight is 520 g/mol. The minimum atomic E-state index is -3.41. The van der Waals surface area contributed by atoms with Gasteiger partial charge in [0.05, 0.1) is 24.3 Å². The summed E-state index contributed by atoms with van der Waals surface area (Å²) in [5.41, 5.74) is 2.11. The molecule has 37 heavy (non-hydrogen) atoms. The summed E-state index contributed by atoms with van der Waals surface area (Å²) >= 11 is 0. The summed E-state index contributed by atoms with van der Waals surface area (Å²) in [5, 5.41) is 3.34. The summed E-state index contributed by atoms with van der Waals surface area (Å²) in [6.07, 6.45) is 2.14. The largest absolute Gasteiger partial charge is 0.442 e. The zero-order valence-electron chi connectivity index (χ0n) is 19.9. The molecule has 5 rings (SSSR count). The number of nitrogens with one attached hydrogen (secondary N) is 2. The Balaban J connectivity index is 1.20. The summed E-state index contributed by atoms with van der Waals surface area (Å²) in [4.78, 5) is 35.1. The van der Waals surface area contributed by atoms with Gasteiger partial charge in [0.15, 0.2) is 0 Å². The molecule has 1 aliphatic heterocycles. The molecule has 0 unspecified atom stereocenters. The van der Waals surface area contributed by atoms with Crippen LogP contribution >= 0.6 is 10.8 Å². The van der Waals surface area contributed by atoms with Gasteiger partial charge in [0, 0.05) is 23.3 Å². The van der Waals surface area contributed by atoms with E-state index in [0.29, 0.717) is 33.0 Å². The fourth-order valence-electron chi connectivity index (χ4n) is 4.01. The van der Waals surface area contributed by atoms with E-state index in [0.717, 1.165) is 5.39 Å². The minimum Gasteiger partial charge on any atom is -0.442 e. The van der Waals surface area contributed by atoms with Crippen molar-refractivity contribution in [3.8, 4) is 0 Å². The number of nitrogens with zero attached hydrogens (tertiary/aromatic N) is 3. The number of aromatic nitrogens is 2.